The van der Waals surface area contributed by atoms with E-state index < -0.39 is 0 Å². The lowest BCUT2D eigenvalue weighted by Crippen LogP contribution is -2.25. The number of rotatable bonds is 2. The third-order valence-electron chi connectivity index (χ3n) is 2.74. The van der Waals surface area contributed by atoms with Gasteiger partial charge in [-0.25, -0.2) is 9.97 Å². The molecule has 4 nitrogen and oxygen atoms in total. The fraction of sp³-hybridized carbons (Fsp3) is 0.600. The molecule has 1 saturated heterocycles. The quantitative estimate of drug-likeness (QED) is 0.750. The Kier molecular flexibility index (Phi) is 2.63. The molecule has 0 radical (unpaired) electrons. The summed E-state index contributed by atoms with van der Waals surface area (Å²) in [6, 6.07) is 1.81. The van der Waals surface area contributed by atoms with Gasteiger partial charge in [0.1, 0.15) is 0 Å². The van der Waals surface area contributed by atoms with Crippen molar-refractivity contribution in [2.45, 2.75) is 19.4 Å². The second-order valence-corrected chi connectivity index (χ2v) is 3.78. The molecule has 14 heavy (non-hydrogen) atoms. The van der Waals surface area contributed by atoms with E-state index in [1.165, 1.54) is 0 Å². The predicted molar refractivity (Wildman–Crippen MR) is 54.0 cm³/mol. The molecule has 0 aliphatic carbocycles. The second-order valence-electron chi connectivity index (χ2n) is 3.78. The number of aliphatic hydroxyl groups is 1. The van der Waals surface area contributed by atoms with Crippen molar-refractivity contribution in [2.24, 2.45) is 5.92 Å². The fourth-order valence-corrected chi connectivity index (χ4v) is 1.82. The van der Waals surface area contributed by atoms with E-state index in [0.717, 1.165) is 25.5 Å². The fourth-order valence-electron chi connectivity index (χ4n) is 1.82. The van der Waals surface area contributed by atoms with Gasteiger partial charge in [0.15, 0.2) is 0 Å². The van der Waals surface area contributed by atoms with Gasteiger partial charge in [0.05, 0.1) is 6.10 Å². The summed E-state index contributed by atoms with van der Waals surface area (Å²) < 4.78 is 0. The van der Waals surface area contributed by atoms with Crippen LogP contribution in [0.2, 0.25) is 0 Å². The van der Waals surface area contributed by atoms with Crippen LogP contribution < -0.4 is 4.90 Å². The summed E-state index contributed by atoms with van der Waals surface area (Å²) in [7, 11) is 0. The van der Waals surface area contributed by atoms with E-state index in [1.54, 1.807) is 12.4 Å². The molecule has 2 rings (SSSR count). The summed E-state index contributed by atoms with van der Waals surface area (Å²) in [4.78, 5) is 10.5. The molecule has 1 N–H and O–H groups in total. The number of hydrogen-bond acceptors (Lipinski definition) is 4. The lowest BCUT2D eigenvalue weighted by molar-refractivity contribution is 0.136. The van der Waals surface area contributed by atoms with Crippen LogP contribution in [0.25, 0.3) is 0 Å². The average molecular weight is 193 g/mol. The minimum absolute atomic E-state index is 0.233. The van der Waals surface area contributed by atoms with Crippen molar-refractivity contribution in [2.75, 3.05) is 18.0 Å². The molecule has 1 fully saturated rings. The summed E-state index contributed by atoms with van der Waals surface area (Å²) >= 11 is 0. The summed E-state index contributed by atoms with van der Waals surface area (Å²) in [6.45, 7) is 3.65. The maximum atomic E-state index is 9.45. The van der Waals surface area contributed by atoms with Crippen molar-refractivity contribution in [1.82, 2.24) is 9.97 Å². The van der Waals surface area contributed by atoms with Crippen molar-refractivity contribution in [1.29, 1.82) is 0 Å². The molecule has 1 aromatic rings. The second kappa shape index (κ2) is 3.92. The van der Waals surface area contributed by atoms with Gasteiger partial charge in [0.25, 0.3) is 0 Å². The Morgan fingerprint density at radius 3 is 2.79 bits per heavy atom. The number of aromatic nitrogens is 2. The highest BCUT2D eigenvalue weighted by Crippen LogP contribution is 2.22. The molecule has 0 saturated carbocycles. The summed E-state index contributed by atoms with van der Waals surface area (Å²) in [5.41, 5.74) is 0. The molecule has 2 heterocycles. The van der Waals surface area contributed by atoms with Gasteiger partial charge in [-0.3, -0.25) is 0 Å². The zero-order chi connectivity index (χ0) is 9.97. The summed E-state index contributed by atoms with van der Waals surface area (Å²) in [5.74, 6) is 1.13. The van der Waals surface area contributed by atoms with Gasteiger partial charge in [-0.15, -0.1) is 0 Å². The number of nitrogens with zero attached hydrogens (tertiary/aromatic N) is 3. The predicted octanol–water partition coefficient (Wildman–Crippen LogP) is 0.684. The van der Waals surface area contributed by atoms with Crippen molar-refractivity contribution in [3.05, 3.63) is 18.5 Å². The highest BCUT2D eigenvalue weighted by Gasteiger charge is 2.27. The van der Waals surface area contributed by atoms with E-state index in [0.29, 0.717) is 5.92 Å². The third-order valence-corrected chi connectivity index (χ3v) is 2.74. The lowest BCUT2D eigenvalue weighted by atomic mass is 10.0. The van der Waals surface area contributed by atoms with E-state index in [-0.39, 0.29) is 6.10 Å². The molecule has 1 aliphatic rings. The van der Waals surface area contributed by atoms with Crippen LogP contribution in [0, 0.1) is 5.92 Å². The van der Waals surface area contributed by atoms with Gasteiger partial charge in [-0.1, -0.05) is 0 Å². The van der Waals surface area contributed by atoms with Gasteiger partial charge in [-0.2, -0.15) is 0 Å². The number of anilines is 1. The SMILES string of the molecule is CC(O)C1CCN(c2ncccn2)C1. The first-order valence-corrected chi connectivity index (χ1v) is 4.97. The van der Waals surface area contributed by atoms with E-state index in [2.05, 4.69) is 14.9 Å². The van der Waals surface area contributed by atoms with Crippen LogP contribution >= 0.6 is 0 Å². The third kappa shape index (κ3) is 1.85. The molecule has 0 spiro atoms. The Labute approximate surface area is 83.6 Å². The van der Waals surface area contributed by atoms with Crippen LogP contribution in [-0.4, -0.2) is 34.3 Å². The molecule has 0 amide bonds. The van der Waals surface area contributed by atoms with E-state index in [1.807, 2.05) is 13.0 Å². The largest absolute Gasteiger partial charge is 0.393 e. The van der Waals surface area contributed by atoms with Crippen molar-refractivity contribution in [3.63, 3.8) is 0 Å². The van der Waals surface area contributed by atoms with Gasteiger partial charge < -0.3 is 10.0 Å². The molecule has 76 valence electrons. The van der Waals surface area contributed by atoms with Crippen molar-refractivity contribution in [3.8, 4) is 0 Å². The van der Waals surface area contributed by atoms with Crippen LogP contribution in [0.3, 0.4) is 0 Å². The van der Waals surface area contributed by atoms with Gasteiger partial charge >= 0.3 is 0 Å². The Morgan fingerprint density at radius 2 is 2.21 bits per heavy atom. The van der Waals surface area contributed by atoms with Crippen LogP contribution in [0.4, 0.5) is 5.95 Å². The molecule has 2 atom stereocenters. The first-order chi connectivity index (χ1) is 6.77. The molecule has 1 aliphatic heterocycles. The first kappa shape index (κ1) is 9.40. The smallest absolute Gasteiger partial charge is 0.225 e. The summed E-state index contributed by atoms with van der Waals surface area (Å²) in [5, 5.41) is 9.45. The zero-order valence-electron chi connectivity index (χ0n) is 8.30. The Bertz CT molecular complexity index is 289. The van der Waals surface area contributed by atoms with Crippen LogP contribution in [0.1, 0.15) is 13.3 Å². The van der Waals surface area contributed by atoms with Gasteiger partial charge in [-0.05, 0) is 19.4 Å². The minimum Gasteiger partial charge on any atom is -0.393 e. The topological polar surface area (TPSA) is 49.2 Å². The highest BCUT2D eigenvalue weighted by atomic mass is 16.3. The van der Waals surface area contributed by atoms with Gasteiger partial charge in [0, 0.05) is 31.4 Å². The Morgan fingerprint density at radius 1 is 1.50 bits per heavy atom. The van der Waals surface area contributed by atoms with Gasteiger partial charge in [0.2, 0.25) is 5.95 Å². The highest BCUT2D eigenvalue weighted by molar-refractivity contribution is 5.30. The molecule has 1 aromatic heterocycles. The lowest BCUT2D eigenvalue weighted by Gasteiger charge is -2.16. The maximum absolute atomic E-state index is 9.45. The molecule has 0 bridgehead atoms. The first-order valence-electron chi connectivity index (χ1n) is 4.97. The zero-order valence-corrected chi connectivity index (χ0v) is 8.30. The number of aliphatic hydroxyl groups excluding tert-OH is 1. The maximum Gasteiger partial charge on any atom is 0.225 e. The van der Waals surface area contributed by atoms with Crippen LogP contribution in [0.15, 0.2) is 18.5 Å². The van der Waals surface area contributed by atoms with E-state index >= 15 is 0 Å². The molecular formula is C10H15N3O. The molecule has 0 aromatic carbocycles. The van der Waals surface area contributed by atoms with E-state index in [9.17, 15) is 5.11 Å². The average Bonchev–Trinajstić information content (AvgIpc) is 2.68. The normalized spacial score (nSPS) is 23.9. The molecule has 4 heteroatoms. The Hall–Kier alpha value is -1.16. The van der Waals surface area contributed by atoms with Crippen molar-refractivity contribution >= 4 is 5.95 Å². The monoisotopic (exact) mass is 193 g/mol. The Balaban J connectivity index is 2.03. The number of hydrogen-bond donors (Lipinski definition) is 1. The molecular weight excluding hydrogens is 178 g/mol. The van der Waals surface area contributed by atoms with E-state index in [4.69, 9.17) is 0 Å². The van der Waals surface area contributed by atoms with Crippen LogP contribution in [0.5, 0.6) is 0 Å². The summed E-state index contributed by atoms with van der Waals surface area (Å²) in [6.07, 6.45) is 4.29. The standard InChI is InChI=1S/C10H15N3O/c1-8(14)9-3-6-13(7-9)10-11-4-2-5-12-10/h2,4-5,8-9,14H,3,6-7H2,1H3. The minimum atomic E-state index is -0.233. The van der Waals surface area contributed by atoms with Crippen LogP contribution in [-0.2, 0) is 0 Å². The van der Waals surface area contributed by atoms with Crippen molar-refractivity contribution < 1.29 is 5.11 Å². The molecule has 2 unspecified atom stereocenters.